The molecule has 0 aliphatic carbocycles. The molecule has 0 aromatic carbocycles. The van der Waals surface area contributed by atoms with Crippen molar-refractivity contribution >= 4 is 11.9 Å². The van der Waals surface area contributed by atoms with Crippen molar-refractivity contribution in [2.75, 3.05) is 19.7 Å². The highest BCUT2D eigenvalue weighted by Crippen LogP contribution is 2.02. The number of amides is 1. The summed E-state index contributed by atoms with van der Waals surface area (Å²) < 4.78 is 5.31. The second-order valence-corrected chi connectivity index (χ2v) is 4.26. The summed E-state index contributed by atoms with van der Waals surface area (Å²) in [7, 11) is 0. The molecular weight excluding hydrogens is 224 g/mol. The topological polar surface area (TPSA) is 87.7 Å². The van der Waals surface area contributed by atoms with Crippen LogP contribution in [0.5, 0.6) is 0 Å². The van der Waals surface area contributed by atoms with Crippen molar-refractivity contribution in [1.82, 2.24) is 10.6 Å². The van der Waals surface area contributed by atoms with Crippen LogP contribution in [-0.4, -0.2) is 48.8 Å². The van der Waals surface area contributed by atoms with E-state index >= 15 is 0 Å². The highest BCUT2D eigenvalue weighted by atomic mass is 16.5. The van der Waals surface area contributed by atoms with Crippen LogP contribution in [0, 0.1) is 0 Å². The number of hydrogen-bond donors (Lipinski definition) is 3. The fourth-order valence-corrected chi connectivity index (χ4v) is 1.70. The van der Waals surface area contributed by atoms with Crippen molar-refractivity contribution in [2.24, 2.45) is 0 Å². The summed E-state index contributed by atoms with van der Waals surface area (Å²) in [4.78, 5) is 22.0. The molecule has 0 radical (unpaired) electrons. The van der Waals surface area contributed by atoms with E-state index < -0.39 is 12.1 Å². The SMILES string of the molecule is CC(CCCC(=O)O)NC(=O)C1CNCCO1. The van der Waals surface area contributed by atoms with Gasteiger partial charge in [0, 0.05) is 25.6 Å². The molecule has 0 saturated carbocycles. The first-order chi connectivity index (χ1) is 8.09. The molecule has 1 aliphatic heterocycles. The van der Waals surface area contributed by atoms with Gasteiger partial charge in [0.1, 0.15) is 6.10 Å². The normalized spacial score (nSPS) is 21.8. The number of carboxylic acids is 1. The van der Waals surface area contributed by atoms with Gasteiger partial charge < -0.3 is 20.5 Å². The molecule has 0 bridgehead atoms. The summed E-state index contributed by atoms with van der Waals surface area (Å²) in [5, 5.41) is 14.4. The number of morpholine rings is 1. The number of rotatable bonds is 6. The van der Waals surface area contributed by atoms with Crippen LogP contribution < -0.4 is 10.6 Å². The smallest absolute Gasteiger partial charge is 0.303 e. The summed E-state index contributed by atoms with van der Waals surface area (Å²) in [5.74, 6) is -0.927. The lowest BCUT2D eigenvalue weighted by Gasteiger charge is -2.24. The Hall–Kier alpha value is -1.14. The third kappa shape index (κ3) is 5.65. The van der Waals surface area contributed by atoms with Gasteiger partial charge in [0.25, 0.3) is 5.91 Å². The molecule has 1 rings (SSSR count). The lowest BCUT2D eigenvalue weighted by molar-refractivity contribution is -0.137. The number of nitrogens with one attached hydrogen (secondary N) is 2. The number of carboxylic acid groups (broad SMARTS) is 1. The Balaban J connectivity index is 2.18. The first-order valence-electron chi connectivity index (χ1n) is 5.94. The minimum atomic E-state index is -0.802. The van der Waals surface area contributed by atoms with E-state index in [0.29, 0.717) is 26.0 Å². The highest BCUT2D eigenvalue weighted by Gasteiger charge is 2.22. The molecule has 0 aromatic heterocycles. The molecule has 1 heterocycles. The Kier molecular flexibility index (Phi) is 5.93. The van der Waals surface area contributed by atoms with Crippen molar-refractivity contribution in [3.63, 3.8) is 0 Å². The second-order valence-electron chi connectivity index (χ2n) is 4.26. The van der Waals surface area contributed by atoms with Gasteiger partial charge in [-0.2, -0.15) is 0 Å². The highest BCUT2D eigenvalue weighted by molar-refractivity contribution is 5.81. The fourth-order valence-electron chi connectivity index (χ4n) is 1.70. The molecule has 1 saturated heterocycles. The summed E-state index contributed by atoms with van der Waals surface area (Å²) in [6.45, 7) is 3.73. The minimum absolute atomic E-state index is 0.0209. The molecule has 0 spiro atoms. The Labute approximate surface area is 101 Å². The molecule has 1 amide bonds. The number of carbonyl (C=O) groups excluding carboxylic acids is 1. The molecule has 2 atom stereocenters. The third-order valence-electron chi connectivity index (χ3n) is 2.64. The predicted molar refractivity (Wildman–Crippen MR) is 61.7 cm³/mol. The maximum absolute atomic E-state index is 11.7. The van der Waals surface area contributed by atoms with E-state index in [2.05, 4.69) is 10.6 Å². The number of carbonyl (C=O) groups is 2. The fraction of sp³-hybridized carbons (Fsp3) is 0.818. The first kappa shape index (κ1) is 13.9. The lowest BCUT2D eigenvalue weighted by Crippen LogP contribution is -2.49. The summed E-state index contributed by atoms with van der Waals surface area (Å²) >= 11 is 0. The van der Waals surface area contributed by atoms with E-state index in [1.54, 1.807) is 0 Å². The van der Waals surface area contributed by atoms with Crippen LogP contribution in [0.25, 0.3) is 0 Å². The molecule has 6 nitrogen and oxygen atoms in total. The van der Waals surface area contributed by atoms with Crippen molar-refractivity contribution in [2.45, 2.75) is 38.3 Å². The van der Waals surface area contributed by atoms with E-state index in [1.807, 2.05) is 6.92 Å². The molecular formula is C11H20N2O4. The minimum Gasteiger partial charge on any atom is -0.481 e. The molecule has 98 valence electrons. The van der Waals surface area contributed by atoms with Crippen molar-refractivity contribution in [3.8, 4) is 0 Å². The van der Waals surface area contributed by atoms with Gasteiger partial charge in [-0.15, -0.1) is 0 Å². The standard InChI is InChI=1S/C11H20N2O4/c1-8(3-2-4-10(14)15)13-11(16)9-7-12-5-6-17-9/h8-9,12H,2-7H2,1H3,(H,13,16)(H,14,15). The van der Waals surface area contributed by atoms with E-state index in [-0.39, 0.29) is 18.4 Å². The lowest BCUT2D eigenvalue weighted by atomic mass is 10.1. The van der Waals surface area contributed by atoms with Gasteiger partial charge in [-0.3, -0.25) is 9.59 Å². The zero-order chi connectivity index (χ0) is 12.7. The van der Waals surface area contributed by atoms with E-state index in [0.717, 1.165) is 6.54 Å². The van der Waals surface area contributed by atoms with Crippen LogP contribution in [0.15, 0.2) is 0 Å². The van der Waals surface area contributed by atoms with E-state index in [9.17, 15) is 9.59 Å². The van der Waals surface area contributed by atoms with Gasteiger partial charge in [0.15, 0.2) is 0 Å². The van der Waals surface area contributed by atoms with Gasteiger partial charge in [0.2, 0.25) is 0 Å². The van der Waals surface area contributed by atoms with Crippen molar-refractivity contribution in [3.05, 3.63) is 0 Å². The van der Waals surface area contributed by atoms with Gasteiger partial charge >= 0.3 is 5.97 Å². The van der Waals surface area contributed by atoms with Crippen LogP contribution in [0.3, 0.4) is 0 Å². The van der Waals surface area contributed by atoms with E-state index in [4.69, 9.17) is 9.84 Å². The number of aliphatic carboxylic acids is 1. The molecule has 3 N–H and O–H groups in total. The zero-order valence-electron chi connectivity index (χ0n) is 10.1. The zero-order valence-corrected chi connectivity index (χ0v) is 10.1. The van der Waals surface area contributed by atoms with Crippen LogP contribution in [0.2, 0.25) is 0 Å². The van der Waals surface area contributed by atoms with Gasteiger partial charge in [0.05, 0.1) is 6.61 Å². The Morgan fingerprint density at radius 3 is 2.94 bits per heavy atom. The largest absolute Gasteiger partial charge is 0.481 e. The van der Waals surface area contributed by atoms with Gasteiger partial charge in [-0.1, -0.05) is 0 Å². The maximum Gasteiger partial charge on any atom is 0.303 e. The second kappa shape index (κ2) is 7.24. The van der Waals surface area contributed by atoms with E-state index in [1.165, 1.54) is 0 Å². The summed E-state index contributed by atoms with van der Waals surface area (Å²) in [5.41, 5.74) is 0. The first-order valence-corrected chi connectivity index (χ1v) is 5.94. The maximum atomic E-state index is 11.7. The average molecular weight is 244 g/mol. The Bertz CT molecular complexity index is 264. The van der Waals surface area contributed by atoms with Gasteiger partial charge in [-0.05, 0) is 19.8 Å². The van der Waals surface area contributed by atoms with Crippen LogP contribution >= 0.6 is 0 Å². The predicted octanol–water partition coefficient (Wildman–Crippen LogP) is -0.266. The van der Waals surface area contributed by atoms with Crippen molar-refractivity contribution in [1.29, 1.82) is 0 Å². The number of hydrogen-bond acceptors (Lipinski definition) is 4. The van der Waals surface area contributed by atoms with Crippen LogP contribution in [0.4, 0.5) is 0 Å². The quantitative estimate of drug-likeness (QED) is 0.599. The molecule has 1 fully saturated rings. The molecule has 1 aliphatic rings. The average Bonchev–Trinajstić information content (AvgIpc) is 2.29. The molecule has 17 heavy (non-hydrogen) atoms. The summed E-state index contributed by atoms with van der Waals surface area (Å²) in [6.07, 6.45) is 0.950. The Morgan fingerprint density at radius 1 is 1.59 bits per heavy atom. The molecule has 0 aromatic rings. The Morgan fingerprint density at radius 2 is 2.35 bits per heavy atom. The number of ether oxygens (including phenoxy) is 1. The van der Waals surface area contributed by atoms with Crippen LogP contribution in [0.1, 0.15) is 26.2 Å². The molecule has 2 unspecified atom stereocenters. The monoisotopic (exact) mass is 244 g/mol. The summed E-state index contributed by atoms with van der Waals surface area (Å²) in [6, 6.07) is -0.0209. The van der Waals surface area contributed by atoms with Crippen LogP contribution in [-0.2, 0) is 14.3 Å². The van der Waals surface area contributed by atoms with Gasteiger partial charge in [-0.25, -0.2) is 0 Å². The third-order valence-corrected chi connectivity index (χ3v) is 2.64. The van der Waals surface area contributed by atoms with Crippen molar-refractivity contribution < 1.29 is 19.4 Å². The molecule has 6 heteroatoms.